The van der Waals surface area contributed by atoms with Crippen LogP contribution in [0.1, 0.15) is 23.5 Å². The van der Waals surface area contributed by atoms with Crippen LogP contribution in [0.4, 0.5) is 26.3 Å². The van der Waals surface area contributed by atoms with Gasteiger partial charge >= 0.3 is 12.4 Å². The molecule has 0 aromatic carbocycles. The maximum absolute atomic E-state index is 13.4. The van der Waals surface area contributed by atoms with Gasteiger partial charge < -0.3 is 15.3 Å². The highest BCUT2D eigenvalue weighted by Crippen LogP contribution is 2.31. The highest BCUT2D eigenvalue weighted by molar-refractivity contribution is 6.08. The van der Waals surface area contributed by atoms with Crippen LogP contribution in [0.5, 0.6) is 0 Å². The molecule has 7 nitrogen and oxygen atoms in total. The summed E-state index contributed by atoms with van der Waals surface area (Å²) in [5, 5.41) is 13.3. The van der Waals surface area contributed by atoms with Crippen LogP contribution >= 0.6 is 0 Å². The number of aromatic nitrogens is 4. The monoisotopic (exact) mass is 396 g/mol. The van der Waals surface area contributed by atoms with E-state index in [0.29, 0.717) is 10.7 Å². The molecular formula is C14H14F6N6O. The van der Waals surface area contributed by atoms with Crippen molar-refractivity contribution in [2.24, 2.45) is 7.05 Å². The summed E-state index contributed by atoms with van der Waals surface area (Å²) < 4.78 is 78.6. The molecule has 0 aliphatic carbocycles. The molecule has 13 heteroatoms. The first kappa shape index (κ1) is 20.5. The van der Waals surface area contributed by atoms with E-state index in [2.05, 4.69) is 15.4 Å². The number of fused-ring (bicyclic) bond motifs is 1. The fraction of sp³-hybridized carbons (Fsp3) is 0.429. The lowest BCUT2D eigenvalue weighted by Crippen LogP contribution is -2.28. The van der Waals surface area contributed by atoms with E-state index in [-0.39, 0.29) is 11.6 Å². The van der Waals surface area contributed by atoms with Crippen molar-refractivity contribution in [3.63, 3.8) is 0 Å². The summed E-state index contributed by atoms with van der Waals surface area (Å²) in [6, 6.07) is 0. The average Bonchev–Trinajstić information content (AvgIpc) is 2.82. The number of aryl methyl sites for hydroxylation is 2. The zero-order valence-corrected chi connectivity index (χ0v) is 14.0. The van der Waals surface area contributed by atoms with Gasteiger partial charge in [0.2, 0.25) is 5.78 Å². The standard InChI is InChI=1S/C14H14F6N6O/c1-7-24-26-11(27)9(8(5-21)6-22-4-3-13(15,16)17)10(14(18,19)20)23-12(26)25(7)2/h5-6,21-22H,3-4H2,1-2H3/b8-6+,21-5?. The minimum atomic E-state index is -5.03. The van der Waals surface area contributed by atoms with Crippen molar-refractivity contribution in [3.8, 4) is 0 Å². The third-order valence-electron chi connectivity index (χ3n) is 3.60. The molecule has 0 spiro atoms. The number of rotatable bonds is 5. The van der Waals surface area contributed by atoms with Crippen molar-refractivity contribution in [1.29, 1.82) is 5.41 Å². The second kappa shape index (κ2) is 7.04. The Labute approximate surface area is 147 Å². The van der Waals surface area contributed by atoms with Gasteiger partial charge in [-0.25, -0.2) is 4.98 Å². The summed E-state index contributed by atoms with van der Waals surface area (Å²) in [4.78, 5) is 16.0. The highest BCUT2D eigenvalue weighted by Gasteiger charge is 2.39. The maximum Gasteiger partial charge on any atom is 0.434 e. The van der Waals surface area contributed by atoms with Crippen molar-refractivity contribution in [3.05, 3.63) is 33.6 Å². The van der Waals surface area contributed by atoms with E-state index in [1.807, 2.05) is 0 Å². The normalized spacial score (nSPS) is 13.3. The van der Waals surface area contributed by atoms with Crippen LogP contribution in [0.3, 0.4) is 0 Å². The number of allylic oxidation sites excluding steroid dienone is 1. The molecule has 0 saturated heterocycles. The Hall–Kier alpha value is -2.86. The van der Waals surface area contributed by atoms with Gasteiger partial charge in [-0.05, 0) is 6.92 Å². The van der Waals surface area contributed by atoms with Gasteiger partial charge in [-0.2, -0.15) is 30.9 Å². The average molecular weight is 396 g/mol. The van der Waals surface area contributed by atoms with Gasteiger partial charge in [-0.3, -0.25) is 4.79 Å². The third kappa shape index (κ3) is 4.28. The molecule has 27 heavy (non-hydrogen) atoms. The number of nitrogens with zero attached hydrogens (tertiary/aromatic N) is 4. The van der Waals surface area contributed by atoms with Gasteiger partial charge in [0.1, 0.15) is 5.82 Å². The van der Waals surface area contributed by atoms with Gasteiger partial charge in [0.15, 0.2) is 5.69 Å². The minimum absolute atomic E-state index is 0.216. The summed E-state index contributed by atoms with van der Waals surface area (Å²) in [7, 11) is 1.37. The summed E-state index contributed by atoms with van der Waals surface area (Å²) in [5.74, 6) is -0.142. The Bertz CT molecular complexity index is 952. The molecule has 0 fully saturated rings. The first-order valence-corrected chi connectivity index (χ1v) is 7.41. The predicted octanol–water partition coefficient (Wildman–Crippen LogP) is 2.29. The van der Waals surface area contributed by atoms with E-state index < -0.39 is 47.7 Å². The largest absolute Gasteiger partial charge is 0.434 e. The van der Waals surface area contributed by atoms with Crippen LogP contribution in [0, 0.1) is 12.3 Å². The topological polar surface area (TPSA) is 88.1 Å². The van der Waals surface area contributed by atoms with Crippen LogP contribution in [0.25, 0.3) is 11.4 Å². The summed E-state index contributed by atoms with van der Waals surface area (Å²) in [6.07, 6.45) is -9.56. The molecule has 2 rings (SSSR count). The summed E-state index contributed by atoms with van der Waals surface area (Å²) in [6.45, 7) is 0.814. The lowest BCUT2D eigenvalue weighted by molar-refractivity contribution is -0.141. The molecule has 2 heterocycles. The first-order valence-electron chi connectivity index (χ1n) is 7.41. The number of halogens is 6. The quantitative estimate of drug-likeness (QED) is 0.461. The van der Waals surface area contributed by atoms with E-state index in [1.165, 1.54) is 18.5 Å². The van der Waals surface area contributed by atoms with Crippen LogP contribution < -0.4 is 10.9 Å². The third-order valence-corrected chi connectivity index (χ3v) is 3.60. The fourth-order valence-corrected chi connectivity index (χ4v) is 2.21. The van der Waals surface area contributed by atoms with Crippen LogP contribution in [0.2, 0.25) is 0 Å². The zero-order chi connectivity index (χ0) is 20.6. The molecule has 0 amide bonds. The van der Waals surface area contributed by atoms with Gasteiger partial charge in [0, 0.05) is 31.6 Å². The van der Waals surface area contributed by atoms with Crippen LogP contribution in [0.15, 0.2) is 11.0 Å². The van der Waals surface area contributed by atoms with Crippen molar-refractivity contribution < 1.29 is 26.3 Å². The lowest BCUT2D eigenvalue weighted by Gasteiger charge is -2.12. The Morgan fingerprint density at radius 3 is 2.41 bits per heavy atom. The molecule has 0 aliphatic heterocycles. The molecular weight excluding hydrogens is 382 g/mol. The number of alkyl halides is 6. The molecule has 2 aromatic rings. The minimum Gasteiger partial charge on any atom is -0.390 e. The molecule has 0 atom stereocenters. The zero-order valence-electron chi connectivity index (χ0n) is 14.0. The molecule has 148 valence electrons. The van der Waals surface area contributed by atoms with Crippen molar-refractivity contribution >= 4 is 17.6 Å². The van der Waals surface area contributed by atoms with E-state index in [9.17, 15) is 31.1 Å². The Balaban J connectivity index is 2.62. The molecule has 0 bridgehead atoms. The number of nitrogens with one attached hydrogen (secondary N) is 2. The van der Waals surface area contributed by atoms with E-state index in [0.717, 1.165) is 6.20 Å². The first-order chi connectivity index (χ1) is 12.4. The molecule has 0 radical (unpaired) electrons. The summed E-state index contributed by atoms with van der Waals surface area (Å²) >= 11 is 0. The Morgan fingerprint density at radius 2 is 1.89 bits per heavy atom. The smallest absolute Gasteiger partial charge is 0.390 e. The fourth-order valence-electron chi connectivity index (χ4n) is 2.21. The molecule has 0 aliphatic rings. The van der Waals surface area contributed by atoms with Crippen LogP contribution in [-0.2, 0) is 13.2 Å². The van der Waals surface area contributed by atoms with Gasteiger partial charge in [-0.1, -0.05) is 0 Å². The van der Waals surface area contributed by atoms with Crippen molar-refractivity contribution in [1.82, 2.24) is 24.5 Å². The highest BCUT2D eigenvalue weighted by atomic mass is 19.4. The molecule has 0 saturated carbocycles. The van der Waals surface area contributed by atoms with Gasteiger partial charge in [-0.15, -0.1) is 5.10 Å². The van der Waals surface area contributed by atoms with E-state index in [1.54, 1.807) is 0 Å². The number of hydrogen-bond donors (Lipinski definition) is 2. The van der Waals surface area contributed by atoms with E-state index >= 15 is 0 Å². The molecule has 2 aromatic heterocycles. The van der Waals surface area contributed by atoms with E-state index in [4.69, 9.17) is 5.41 Å². The second-order valence-electron chi connectivity index (χ2n) is 5.52. The molecule has 0 unspecified atom stereocenters. The van der Waals surface area contributed by atoms with Crippen molar-refractivity contribution in [2.45, 2.75) is 25.7 Å². The van der Waals surface area contributed by atoms with Gasteiger partial charge in [0.05, 0.1) is 12.0 Å². The SMILES string of the molecule is Cc1nn2c(=O)c(/C(C=N)=C/NCCC(F)(F)F)c(C(F)(F)F)nc2n1C. The summed E-state index contributed by atoms with van der Waals surface area (Å²) in [5.41, 5.74) is -4.29. The van der Waals surface area contributed by atoms with Gasteiger partial charge in [0.25, 0.3) is 5.56 Å². The number of hydrogen-bond acceptors (Lipinski definition) is 5. The van der Waals surface area contributed by atoms with Crippen LogP contribution in [-0.4, -0.2) is 38.1 Å². The van der Waals surface area contributed by atoms with Crippen molar-refractivity contribution in [2.75, 3.05) is 6.54 Å². The maximum atomic E-state index is 13.4. The Morgan fingerprint density at radius 1 is 1.26 bits per heavy atom. The lowest BCUT2D eigenvalue weighted by atomic mass is 10.1. The predicted molar refractivity (Wildman–Crippen MR) is 83.4 cm³/mol. The molecule has 2 N–H and O–H groups in total. The second-order valence-corrected chi connectivity index (χ2v) is 5.52. The Kier molecular flexibility index (Phi) is 5.33.